The number of rotatable bonds is 11. The van der Waals surface area contributed by atoms with Crippen LogP contribution in [0.3, 0.4) is 0 Å². The summed E-state index contributed by atoms with van der Waals surface area (Å²) >= 11 is 0. The Kier molecular flexibility index (Phi) is 9.99. The minimum absolute atomic E-state index is 0.189. The lowest BCUT2D eigenvalue weighted by molar-refractivity contribution is -0.154. The third-order valence-corrected chi connectivity index (χ3v) is 3.82. The molecule has 0 aliphatic rings. The van der Waals surface area contributed by atoms with Crippen LogP contribution in [0.4, 0.5) is 18.0 Å². The number of urea groups is 1. The minimum Gasteiger partial charge on any atom is -0.338 e. The number of halogens is 3. The van der Waals surface area contributed by atoms with Gasteiger partial charge in [0.25, 0.3) is 0 Å². The van der Waals surface area contributed by atoms with Gasteiger partial charge in [-0.3, -0.25) is 0 Å². The quantitative estimate of drug-likeness (QED) is 0.529. The van der Waals surface area contributed by atoms with Gasteiger partial charge in [0.1, 0.15) is 6.04 Å². The van der Waals surface area contributed by atoms with Gasteiger partial charge in [0.2, 0.25) is 0 Å². The van der Waals surface area contributed by atoms with Gasteiger partial charge in [-0.15, -0.1) is 0 Å². The van der Waals surface area contributed by atoms with Crippen LogP contribution in [0.15, 0.2) is 30.3 Å². The summed E-state index contributed by atoms with van der Waals surface area (Å²) in [5.41, 5.74) is 0.966. The van der Waals surface area contributed by atoms with Gasteiger partial charge in [-0.25, -0.2) is 4.79 Å². The molecular formula is C18H28F3N3O. The number of carbonyl (C=O) groups excluding carboxylic acids is 1. The molecule has 0 aliphatic heterocycles. The minimum atomic E-state index is -4.41. The van der Waals surface area contributed by atoms with Crippen LogP contribution < -0.4 is 16.0 Å². The summed E-state index contributed by atoms with van der Waals surface area (Å²) < 4.78 is 39.2. The lowest BCUT2D eigenvalue weighted by atomic mass is 10.1. The number of carbonyl (C=O) groups is 1. The fourth-order valence-electron chi connectivity index (χ4n) is 2.35. The molecule has 0 radical (unpaired) electrons. The summed E-state index contributed by atoms with van der Waals surface area (Å²) in [7, 11) is 0. The van der Waals surface area contributed by atoms with Gasteiger partial charge in [-0.2, -0.15) is 13.2 Å². The van der Waals surface area contributed by atoms with Gasteiger partial charge >= 0.3 is 12.2 Å². The van der Waals surface area contributed by atoms with Crippen LogP contribution in [-0.4, -0.2) is 37.9 Å². The van der Waals surface area contributed by atoms with E-state index in [0.717, 1.165) is 31.2 Å². The SMILES string of the molecule is CCCCCCNC(=O)NCC(NCCc1ccccc1)C(F)(F)F. The first-order chi connectivity index (χ1) is 11.9. The third kappa shape index (κ3) is 9.96. The Morgan fingerprint density at radius 3 is 2.40 bits per heavy atom. The van der Waals surface area contributed by atoms with E-state index in [2.05, 4.69) is 22.9 Å². The second-order valence-electron chi connectivity index (χ2n) is 5.98. The van der Waals surface area contributed by atoms with Gasteiger partial charge in [0, 0.05) is 13.1 Å². The molecule has 3 N–H and O–H groups in total. The lowest BCUT2D eigenvalue weighted by Gasteiger charge is -2.22. The van der Waals surface area contributed by atoms with Gasteiger partial charge in [-0.05, 0) is 24.9 Å². The number of hydrogen-bond donors (Lipinski definition) is 3. The van der Waals surface area contributed by atoms with E-state index in [-0.39, 0.29) is 6.54 Å². The van der Waals surface area contributed by atoms with Crippen molar-refractivity contribution in [2.75, 3.05) is 19.6 Å². The second-order valence-corrected chi connectivity index (χ2v) is 5.98. The Hall–Kier alpha value is -1.76. The van der Waals surface area contributed by atoms with Crippen LogP contribution in [0.1, 0.15) is 38.2 Å². The molecule has 7 heteroatoms. The standard InChI is InChI=1S/C18H28F3N3O/c1-2-3-4-8-12-23-17(25)24-14-16(18(19,20)21)22-13-11-15-9-6-5-7-10-15/h5-7,9-10,16,22H,2-4,8,11-14H2,1H3,(H2,23,24,25). The topological polar surface area (TPSA) is 53.2 Å². The van der Waals surface area contributed by atoms with Crippen molar-refractivity contribution in [1.29, 1.82) is 0 Å². The predicted octanol–water partition coefficient (Wildman–Crippen LogP) is 3.63. The Balaban J connectivity index is 2.29. The zero-order valence-electron chi connectivity index (χ0n) is 14.7. The Morgan fingerprint density at radius 2 is 1.76 bits per heavy atom. The van der Waals surface area contributed by atoms with Gasteiger partial charge < -0.3 is 16.0 Å². The number of hydrogen-bond acceptors (Lipinski definition) is 2. The zero-order chi connectivity index (χ0) is 18.5. The first kappa shape index (κ1) is 21.3. The van der Waals surface area contributed by atoms with Gasteiger partial charge in [0.05, 0.1) is 0 Å². The van der Waals surface area contributed by atoms with Crippen LogP contribution in [0.5, 0.6) is 0 Å². The molecule has 0 spiro atoms. The summed E-state index contributed by atoms with van der Waals surface area (Å²) in [5, 5.41) is 7.36. The molecule has 0 saturated carbocycles. The zero-order valence-corrected chi connectivity index (χ0v) is 14.7. The molecule has 1 atom stereocenters. The number of amides is 2. The van der Waals surface area contributed by atoms with Crippen molar-refractivity contribution in [3.05, 3.63) is 35.9 Å². The molecule has 0 aromatic heterocycles. The fraction of sp³-hybridized carbons (Fsp3) is 0.611. The molecule has 2 amide bonds. The van der Waals surface area contributed by atoms with Crippen LogP contribution in [0, 0.1) is 0 Å². The number of unbranched alkanes of at least 4 members (excludes halogenated alkanes) is 3. The maximum Gasteiger partial charge on any atom is 0.405 e. The maximum absolute atomic E-state index is 13.1. The first-order valence-electron chi connectivity index (χ1n) is 8.79. The molecule has 0 aliphatic carbocycles. The van der Waals surface area contributed by atoms with Crippen LogP contribution in [0.2, 0.25) is 0 Å². The van der Waals surface area contributed by atoms with E-state index in [0.29, 0.717) is 13.0 Å². The van der Waals surface area contributed by atoms with E-state index in [9.17, 15) is 18.0 Å². The Bertz CT molecular complexity index is 480. The molecular weight excluding hydrogens is 331 g/mol. The van der Waals surface area contributed by atoms with Crippen LogP contribution in [0.25, 0.3) is 0 Å². The van der Waals surface area contributed by atoms with Crippen LogP contribution >= 0.6 is 0 Å². The molecule has 0 fully saturated rings. The van der Waals surface area contributed by atoms with E-state index in [1.807, 2.05) is 30.3 Å². The molecule has 1 aromatic rings. The Labute approximate surface area is 147 Å². The summed E-state index contributed by atoms with van der Waals surface area (Å²) in [6, 6.07) is 6.98. The average Bonchev–Trinajstić information content (AvgIpc) is 2.57. The number of benzene rings is 1. The number of alkyl halides is 3. The largest absolute Gasteiger partial charge is 0.405 e. The highest BCUT2D eigenvalue weighted by Crippen LogP contribution is 2.19. The van der Waals surface area contributed by atoms with Crippen molar-refractivity contribution >= 4 is 6.03 Å². The first-order valence-corrected chi connectivity index (χ1v) is 8.79. The maximum atomic E-state index is 13.1. The van der Waals surface area contributed by atoms with Crippen molar-refractivity contribution in [3.8, 4) is 0 Å². The molecule has 1 rings (SSSR count). The summed E-state index contributed by atoms with van der Waals surface area (Å²) in [6.45, 7) is 2.26. The molecule has 4 nitrogen and oxygen atoms in total. The van der Waals surface area contributed by atoms with Crippen molar-refractivity contribution in [2.24, 2.45) is 0 Å². The van der Waals surface area contributed by atoms with E-state index >= 15 is 0 Å². The van der Waals surface area contributed by atoms with Gasteiger partial charge in [0.15, 0.2) is 0 Å². The van der Waals surface area contributed by atoms with E-state index in [1.165, 1.54) is 0 Å². The fourth-order valence-corrected chi connectivity index (χ4v) is 2.35. The van der Waals surface area contributed by atoms with Crippen LogP contribution in [-0.2, 0) is 6.42 Å². The second kappa shape index (κ2) is 11.7. The highest BCUT2D eigenvalue weighted by molar-refractivity contribution is 5.73. The molecule has 1 aromatic carbocycles. The van der Waals surface area contributed by atoms with Crippen molar-refractivity contribution in [1.82, 2.24) is 16.0 Å². The average molecular weight is 359 g/mol. The smallest absolute Gasteiger partial charge is 0.338 e. The normalized spacial score (nSPS) is 12.6. The summed E-state index contributed by atoms with van der Waals surface area (Å²) in [6.07, 6.45) is 0.101. The summed E-state index contributed by atoms with van der Waals surface area (Å²) in [5.74, 6) is 0. The molecule has 25 heavy (non-hydrogen) atoms. The highest BCUT2D eigenvalue weighted by atomic mass is 19.4. The van der Waals surface area contributed by atoms with Crippen molar-refractivity contribution in [3.63, 3.8) is 0 Å². The third-order valence-electron chi connectivity index (χ3n) is 3.82. The molecule has 1 unspecified atom stereocenters. The van der Waals surface area contributed by atoms with E-state index in [4.69, 9.17) is 0 Å². The van der Waals surface area contributed by atoms with Crippen molar-refractivity contribution in [2.45, 2.75) is 51.2 Å². The molecule has 142 valence electrons. The molecule has 0 heterocycles. The monoisotopic (exact) mass is 359 g/mol. The van der Waals surface area contributed by atoms with Gasteiger partial charge in [-0.1, -0.05) is 56.5 Å². The summed E-state index contributed by atoms with van der Waals surface area (Å²) in [4.78, 5) is 11.6. The van der Waals surface area contributed by atoms with E-state index in [1.54, 1.807) is 0 Å². The van der Waals surface area contributed by atoms with E-state index < -0.39 is 24.8 Å². The Morgan fingerprint density at radius 1 is 1.04 bits per heavy atom. The lowest BCUT2D eigenvalue weighted by Crippen LogP contribution is -2.52. The highest BCUT2D eigenvalue weighted by Gasteiger charge is 2.39. The molecule has 0 bridgehead atoms. The molecule has 0 saturated heterocycles. The van der Waals surface area contributed by atoms with Crippen molar-refractivity contribution < 1.29 is 18.0 Å². The predicted molar refractivity (Wildman–Crippen MR) is 93.5 cm³/mol. The number of nitrogens with one attached hydrogen (secondary N) is 3.